The van der Waals surface area contributed by atoms with E-state index in [1.54, 1.807) is 11.0 Å². The fourth-order valence-corrected chi connectivity index (χ4v) is 2.59. The van der Waals surface area contributed by atoms with E-state index >= 15 is 0 Å². The van der Waals surface area contributed by atoms with Gasteiger partial charge < -0.3 is 10.2 Å². The number of carbonyl (C=O) groups excluding carboxylic acids is 2. The van der Waals surface area contributed by atoms with Crippen LogP contribution in [0.4, 0.5) is 0 Å². The fourth-order valence-electron chi connectivity index (χ4n) is 1.81. The van der Waals surface area contributed by atoms with E-state index in [4.69, 9.17) is 0 Å². The molecule has 96 valence electrons. The number of hydrogen-bond donors (Lipinski definition) is 1. The number of hydrogen-bond acceptors (Lipinski definition) is 2. The van der Waals surface area contributed by atoms with Gasteiger partial charge in [-0.05, 0) is 40.5 Å². The molecule has 2 rings (SSSR count). The van der Waals surface area contributed by atoms with Gasteiger partial charge in [-0.3, -0.25) is 9.59 Å². The molecule has 1 N–H and O–H groups in total. The minimum atomic E-state index is -0.125. The largest absolute Gasteiger partial charge is 0.354 e. The van der Waals surface area contributed by atoms with Crippen LogP contribution < -0.4 is 5.32 Å². The van der Waals surface area contributed by atoms with Gasteiger partial charge >= 0.3 is 0 Å². The minimum Gasteiger partial charge on any atom is -0.354 e. The summed E-state index contributed by atoms with van der Waals surface area (Å²) in [5.74, 6) is -0.229. The summed E-state index contributed by atoms with van der Waals surface area (Å²) in [4.78, 5) is 25.4. The second-order valence-corrected chi connectivity index (χ2v) is 5.82. The van der Waals surface area contributed by atoms with Crippen molar-refractivity contribution in [1.82, 2.24) is 10.2 Å². The number of nitrogens with one attached hydrogen (secondary N) is 1. The van der Waals surface area contributed by atoms with Crippen LogP contribution in [-0.4, -0.2) is 36.3 Å². The molecular weight excluding hydrogens is 364 g/mol. The van der Waals surface area contributed by atoms with Crippen LogP contribution in [0.2, 0.25) is 0 Å². The average Bonchev–Trinajstić information content (AvgIpc) is 2.56. The minimum absolute atomic E-state index is 0.105. The Morgan fingerprint density at radius 2 is 2.11 bits per heavy atom. The van der Waals surface area contributed by atoms with Crippen molar-refractivity contribution in [2.45, 2.75) is 6.42 Å². The highest BCUT2D eigenvalue weighted by Crippen LogP contribution is 2.23. The van der Waals surface area contributed by atoms with E-state index in [0.29, 0.717) is 18.7 Å². The summed E-state index contributed by atoms with van der Waals surface area (Å²) in [6.07, 6.45) is 0.781. The number of halogens is 2. The van der Waals surface area contributed by atoms with Crippen molar-refractivity contribution in [2.24, 2.45) is 0 Å². The Balaban J connectivity index is 2.24. The first-order valence-corrected chi connectivity index (χ1v) is 7.17. The Kier molecular flexibility index (Phi) is 4.40. The first-order valence-electron chi connectivity index (χ1n) is 5.59. The summed E-state index contributed by atoms with van der Waals surface area (Å²) in [5.41, 5.74) is 0.569. The van der Waals surface area contributed by atoms with Crippen LogP contribution in [0.25, 0.3) is 0 Å². The van der Waals surface area contributed by atoms with Crippen LogP contribution in [0.5, 0.6) is 0 Å². The van der Waals surface area contributed by atoms with Crippen molar-refractivity contribution in [2.75, 3.05) is 19.6 Å². The average molecular weight is 376 g/mol. The lowest BCUT2D eigenvalue weighted by atomic mass is 10.2. The van der Waals surface area contributed by atoms with Crippen LogP contribution in [0.3, 0.4) is 0 Å². The SMILES string of the molecule is O=C1CN(C(=O)c2cc(Br)ccc2Br)CCCN1. The smallest absolute Gasteiger partial charge is 0.255 e. The fraction of sp³-hybridized carbons (Fsp3) is 0.333. The highest BCUT2D eigenvalue weighted by atomic mass is 79.9. The Morgan fingerprint density at radius 1 is 1.33 bits per heavy atom. The molecule has 0 bridgehead atoms. The van der Waals surface area contributed by atoms with Crippen molar-refractivity contribution in [3.63, 3.8) is 0 Å². The van der Waals surface area contributed by atoms with Crippen molar-refractivity contribution in [3.05, 3.63) is 32.7 Å². The number of benzene rings is 1. The second-order valence-electron chi connectivity index (χ2n) is 4.05. The molecule has 1 aliphatic heterocycles. The Morgan fingerprint density at radius 3 is 2.89 bits per heavy atom. The van der Waals surface area contributed by atoms with Crippen LogP contribution >= 0.6 is 31.9 Å². The molecule has 1 saturated heterocycles. The lowest BCUT2D eigenvalue weighted by molar-refractivity contribution is -0.121. The molecule has 1 aromatic rings. The zero-order valence-corrected chi connectivity index (χ0v) is 12.8. The molecule has 0 aromatic heterocycles. The Hall–Kier alpha value is -0.880. The van der Waals surface area contributed by atoms with Crippen LogP contribution in [0, 0.1) is 0 Å². The topological polar surface area (TPSA) is 49.4 Å². The molecule has 1 aliphatic rings. The molecule has 6 heteroatoms. The molecule has 4 nitrogen and oxygen atoms in total. The molecule has 0 unspecified atom stereocenters. The normalized spacial score (nSPS) is 16.1. The van der Waals surface area contributed by atoms with Crippen molar-refractivity contribution in [1.29, 1.82) is 0 Å². The van der Waals surface area contributed by atoms with E-state index < -0.39 is 0 Å². The van der Waals surface area contributed by atoms with Crippen LogP contribution in [0.1, 0.15) is 16.8 Å². The molecule has 1 fully saturated rings. The van der Waals surface area contributed by atoms with Gasteiger partial charge in [0.15, 0.2) is 0 Å². The molecule has 18 heavy (non-hydrogen) atoms. The maximum Gasteiger partial charge on any atom is 0.255 e. The van der Waals surface area contributed by atoms with Gasteiger partial charge in [-0.1, -0.05) is 15.9 Å². The molecule has 0 radical (unpaired) electrons. The van der Waals surface area contributed by atoms with Gasteiger partial charge in [-0.2, -0.15) is 0 Å². The monoisotopic (exact) mass is 374 g/mol. The highest BCUT2D eigenvalue weighted by Gasteiger charge is 2.22. The maximum atomic E-state index is 12.4. The van der Waals surface area contributed by atoms with Gasteiger partial charge in [0.2, 0.25) is 5.91 Å². The highest BCUT2D eigenvalue weighted by molar-refractivity contribution is 9.11. The van der Waals surface area contributed by atoms with Gasteiger partial charge in [0.05, 0.1) is 12.1 Å². The number of nitrogens with zero attached hydrogens (tertiary/aromatic N) is 1. The molecule has 0 spiro atoms. The standard InChI is InChI=1S/C12H12Br2N2O2/c13-8-2-3-10(14)9(6-8)12(18)16-5-1-4-15-11(17)7-16/h2-3,6H,1,4-5,7H2,(H,15,17). The lowest BCUT2D eigenvalue weighted by Gasteiger charge is -2.19. The van der Waals surface area contributed by atoms with Crippen molar-refractivity contribution < 1.29 is 9.59 Å². The predicted molar refractivity (Wildman–Crippen MR) is 75.4 cm³/mol. The molecule has 0 atom stereocenters. The van der Waals surface area contributed by atoms with E-state index in [2.05, 4.69) is 37.2 Å². The summed E-state index contributed by atoms with van der Waals surface area (Å²) in [7, 11) is 0. The van der Waals surface area contributed by atoms with Gasteiger partial charge in [-0.25, -0.2) is 0 Å². The zero-order valence-electron chi connectivity index (χ0n) is 9.58. The van der Waals surface area contributed by atoms with Crippen LogP contribution in [0.15, 0.2) is 27.1 Å². The summed E-state index contributed by atoms with van der Waals surface area (Å²) in [5, 5.41) is 2.75. The predicted octanol–water partition coefficient (Wildman–Crippen LogP) is 2.17. The molecule has 0 aliphatic carbocycles. The third-order valence-corrected chi connectivity index (χ3v) is 3.89. The Bertz CT molecular complexity index is 491. The maximum absolute atomic E-state index is 12.4. The van der Waals surface area contributed by atoms with Crippen LogP contribution in [-0.2, 0) is 4.79 Å². The third kappa shape index (κ3) is 3.11. The van der Waals surface area contributed by atoms with Gasteiger partial charge in [0.25, 0.3) is 5.91 Å². The summed E-state index contributed by atoms with van der Waals surface area (Å²) < 4.78 is 1.58. The quantitative estimate of drug-likeness (QED) is 0.817. The van der Waals surface area contributed by atoms with Crippen molar-refractivity contribution >= 4 is 43.7 Å². The van der Waals surface area contributed by atoms with E-state index in [1.807, 2.05) is 12.1 Å². The van der Waals surface area contributed by atoms with E-state index in [9.17, 15) is 9.59 Å². The number of carbonyl (C=O) groups is 2. The summed E-state index contributed by atoms with van der Waals surface area (Å²) in [6.45, 7) is 1.34. The molecule has 1 heterocycles. The van der Waals surface area contributed by atoms with E-state index in [-0.39, 0.29) is 18.4 Å². The molecular formula is C12H12Br2N2O2. The van der Waals surface area contributed by atoms with Gasteiger partial charge in [-0.15, -0.1) is 0 Å². The lowest BCUT2D eigenvalue weighted by Crippen LogP contribution is -2.37. The molecule has 1 aromatic carbocycles. The molecule has 0 saturated carbocycles. The Labute approximate surface area is 122 Å². The zero-order chi connectivity index (χ0) is 13.1. The van der Waals surface area contributed by atoms with Crippen molar-refractivity contribution in [3.8, 4) is 0 Å². The number of amides is 2. The van der Waals surface area contributed by atoms with Gasteiger partial charge in [0, 0.05) is 22.0 Å². The summed E-state index contributed by atoms with van der Waals surface area (Å²) in [6, 6.07) is 5.43. The first kappa shape index (κ1) is 13.5. The van der Waals surface area contributed by atoms with E-state index in [0.717, 1.165) is 15.4 Å². The first-order chi connectivity index (χ1) is 8.58. The van der Waals surface area contributed by atoms with Gasteiger partial charge in [0.1, 0.15) is 0 Å². The third-order valence-electron chi connectivity index (χ3n) is 2.71. The number of rotatable bonds is 1. The van der Waals surface area contributed by atoms with E-state index in [1.165, 1.54) is 0 Å². The second kappa shape index (κ2) is 5.84. The molecule has 2 amide bonds. The summed E-state index contributed by atoms with van der Waals surface area (Å²) >= 11 is 6.71.